The maximum Gasteiger partial charge on any atom is 0.319 e. The second kappa shape index (κ2) is 6.38. The Hall–Kier alpha value is -1.82. The summed E-state index contributed by atoms with van der Waals surface area (Å²) in [7, 11) is 1.63. The zero-order valence-corrected chi connectivity index (χ0v) is 11.7. The molecule has 0 saturated heterocycles. The number of anilines is 1. The van der Waals surface area contributed by atoms with Crippen LogP contribution in [0.25, 0.3) is 0 Å². The Morgan fingerprint density at radius 1 is 1.47 bits per heavy atom. The number of rotatable bonds is 4. The molecule has 106 valence electrons. The van der Waals surface area contributed by atoms with Crippen LogP contribution >= 0.6 is 0 Å². The lowest BCUT2D eigenvalue weighted by molar-refractivity contribution is 0.204. The molecule has 2 unspecified atom stereocenters. The molecule has 0 saturated carbocycles. The number of aromatic nitrogens is 1. The first-order chi connectivity index (χ1) is 8.85. The molecular formula is C13H21N3O3. The highest BCUT2D eigenvalue weighted by molar-refractivity contribution is 5.90. The normalized spacial score (nSPS) is 13.7. The van der Waals surface area contributed by atoms with E-state index in [9.17, 15) is 9.59 Å². The fraction of sp³-hybridized carbons (Fsp3) is 0.538. The van der Waals surface area contributed by atoms with Crippen molar-refractivity contribution in [3.05, 3.63) is 28.2 Å². The van der Waals surface area contributed by atoms with Crippen molar-refractivity contribution in [2.75, 3.05) is 11.9 Å². The van der Waals surface area contributed by atoms with Crippen molar-refractivity contribution in [1.29, 1.82) is 0 Å². The summed E-state index contributed by atoms with van der Waals surface area (Å²) >= 11 is 0. The molecule has 0 aliphatic carbocycles. The quantitative estimate of drug-likeness (QED) is 0.755. The predicted octanol–water partition coefficient (Wildman–Crippen LogP) is 0.832. The highest BCUT2D eigenvalue weighted by Gasteiger charge is 2.14. The molecule has 6 nitrogen and oxygen atoms in total. The van der Waals surface area contributed by atoms with Gasteiger partial charge in [0.2, 0.25) is 0 Å². The van der Waals surface area contributed by atoms with E-state index in [0.717, 1.165) is 0 Å². The monoisotopic (exact) mass is 267 g/mol. The number of aryl methyl sites for hydroxylation is 2. The number of carbonyl (C=O) groups excluding carboxylic acids is 1. The summed E-state index contributed by atoms with van der Waals surface area (Å²) in [6, 6.07) is 0.974. The molecule has 1 aromatic heterocycles. The van der Waals surface area contributed by atoms with Crippen LogP contribution in [-0.4, -0.2) is 28.4 Å². The van der Waals surface area contributed by atoms with Crippen molar-refractivity contribution in [2.24, 2.45) is 13.0 Å². The molecule has 0 radical (unpaired) electrons. The summed E-state index contributed by atoms with van der Waals surface area (Å²) < 4.78 is 1.41. The van der Waals surface area contributed by atoms with Gasteiger partial charge in [-0.3, -0.25) is 4.79 Å². The number of hydrogen-bond acceptors (Lipinski definition) is 3. The first kappa shape index (κ1) is 15.2. The molecule has 1 heterocycles. The Morgan fingerprint density at radius 2 is 2.11 bits per heavy atom. The predicted molar refractivity (Wildman–Crippen MR) is 74.3 cm³/mol. The smallest absolute Gasteiger partial charge is 0.319 e. The molecule has 0 spiro atoms. The van der Waals surface area contributed by atoms with Crippen molar-refractivity contribution in [3.8, 4) is 0 Å². The summed E-state index contributed by atoms with van der Waals surface area (Å²) in [5.74, 6) is -0.0213. The number of amides is 2. The third-order valence-electron chi connectivity index (χ3n) is 3.18. The van der Waals surface area contributed by atoms with Crippen LogP contribution in [0.2, 0.25) is 0 Å². The maximum atomic E-state index is 11.8. The van der Waals surface area contributed by atoms with E-state index in [4.69, 9.17) is 5.11 Å². The average molecular weight is 267 g/mol. The SMILES string of the molecule is Cc1cc(=O)n(C)cc1NC(=O)NC(C)C(C)CO. The van der Waals surface area contributed by atoms with Gasteiger partial charge >= 0.3 is 6.03 Å². The Kier molecular flexibility index (Phi) is 5.11. The molecule has 0 aromatic carbocycles. The number of hydrogen-bond donors (Lipinski definition) is 3. The Labute approximate surface area is 112 Å². The van der Waals surface area contributed by atoms with Gasteiger partial charge in [0.25, 0.3) is 5.56 Å². The lowest BCUT2D eigenvalue weighted by Gasteiger charge is -2.20. The number of nitrogens with one attached hydrogen (secondary N) is 2. The van der Waals surface area contributed by atoms with Crippen LogP contribution in [0.5, 0.6) is 0 Å². The molecule has 0 bridgehead atoms. The average Bonchev–Trinajstić information content (AvgIpc) is 2.34. The van der Waals surface area contributed by atoms with Crippen LogP contribution in [-0.2, 0) is 7.05 Å². The van der Waals surface area contributed by atoms with Crippen molar-refractivity contribution in [1.82, 2.24) is 9.88 Å². The highest BCUT2D eigenvalue weighted by atomic mass is 16.3. The summed E-state index contributed by atoms with van der Waals surface area (Å²) in [6.07, 6.45) is 1.58. The van der Waals surface area contributed by atoms with Gasteiger partial charge in [-0.2, -0.15) is 0 Å². The molecule has 2 atom stereocenters. The molecule has 0 aliphatic heterocycles. The molecular weight excluding hydrogens is 246 g/mol. The lowest BCUT2D eigenvalue weighted by Crippen LogP contribution is -2.41. The zero-order valence-electron chi connectivity index (χ0n) is 11.7. The second-order valence-electron chi connectivity index (χ2n) is 4.87. The molecule has 6 heteroatoms. The van der Waals surface area contributed by atoms with Crippen LogP contribution in [0.1, 0.15) is 19.4 Å². The summed E-state index contributed by atoms with van der Waals surface area (Å²) in [4.78, 5) is 23.2. The summed E-state index contributed by atoms with van der Waals surface area (Å²) in [5, 5.41) is 14.4. The van der Waals surface area contributed by atoms with Crippen LogP contribution in [0.15, 0.2) is 17.1 Å². The van der Waals surface area contributed by atoms with Crippen molar-refractivity contribution in [2.45, 2.75) is 26.8 Å². The minimum absolute atomic E-state index is 0.0142. The van der Waals surface area contributed by atoms with Crippen molar-refractivity contribution in [3.63, 3.8) is 0 Å². The summed E-state index contributed by atoms with van der Waals surface area (Å²) in [6.45, 7) is 5.45. The minimum Gasteiger partial charge on any atom is -0.396 e. The standard InChI is InChI=1S/C13H21N3O3/c1-8-5-12(18)16(4)6-11(8)15-13(19)14-10(3)9(2)7-17/h5-6,9-10,17H,7H2,1-4H3,(H2,14,15,19). The van der Waals surface area contributed by atoms with Crippen LogP contribution < -0.4 is 16.2 Å². The van der Waals surface area contributed by atoms with Gasteiger partial charge in [-0.05, 0) is 25.3 Å². The van der Waals surface area contributed by atoms with Gasteiger partial charge in [-0.15, -0.1) is 0 Å². The van der Waals surface area contributed by atoms with Crippen LogP contribution in [0, 0.1) is 12.8 Å². The van der Waals surface area contributed by atoms with Crippen LogP contribution in [0.3, 0.4) is 0 Å². The zero-order chi connectivity index (χ0) is 14.6. The third kappa shape index (κ3) is 4.10. The van der Waals surface area contributed by atoms with E-state index < -0.39 is 0 Å². The van der Waals surface area contributed by atoms with Gasteiger partial charge in [0.15, 0.2) is 0 Å². The van der Waals surface area contributed by atoms with Gasteiger partial charge < -0.3 is 20.3 Å². The number of pyridine rings is 1. The number of aliphatic hydroxyl groups excluding tert-OH is 1. The number of urea groups is 1. The highest BCUT2D eigenvalue weighted by Crippen LogP contribution is 2.10. The Bertz CT molecular complexity index is 510. The van der Waals surface area contributed by atoms with E-state index >= 15 is 0 Å². The van der Waals surface area contributed by atoms with Gasteiger partial charge in [0, 0.05) is 32.0 Å². The first-order valence-corrected chi connectivity index (χ1v) is 6.20. The fourth-order valence-electron chi connectivity index (χ4n) is 1.52. The topological polar surface area (TPSA) is 83.4 Å². The van der Waals surface area contributed by atoms with Gasteiger partial charge in [-0.1, -0.05) is 6.92 Å². The first-order valence-electron chi connectivity index (χ1n) is 6.20. The molecule has 0 aliphatic rings. The molecule has 3 N–H and O–H groups in total. The van der Waals surface area contributed by atoms with E-state index in [0.29, 0.717) is 11.3 Å². The molecule has 0 fully saturated rings. The number of aliphatic hydroxyl groups is 1. The van der Waals surface area contributed by atoms with E-state index in [1.54, 1.807) is 20.2 Å². The fourth-order valence-corrected chi connectivity index (χ4v) is 1.52. The van der Waals surface area contributed by atoms with E-state index in [2.05, 4.69) is 10.6 Å². The van der Waals surface area contributed by atoms with E-state index in [-0.39, 0.29) is 30.2 Å². The summed E-state index contributed by atoms with van der Waals surface area (Å²) in [5.41, 5.74) is 1.18. The van der Waals surface area contributed by atoms with Crippen molar-refractivity contribution < 1.29 is 9.90 Å². The molecule has 1 aromatic rings. The lowest BCUT2D eigenvalue weighted by atomic mass is 10.1. The number of carbonyl (C=O) groups is 1. The molecule has 2 amide bonds. The minimum atomic E-state index is -0.352. The van der Waals surface area contributed by atoms with Gasteiger partial charge in [0.05, 0.1) is 5.69 Å². The van der Waals surface area contributed by atoms with Gasteiger partial charge in [-0.25, -0.2) is 4.79 Å². The maximum absolute atomic E-state index is 11.8. The largest absolute Gasteiger partial charge is 0.396 e. The van der Waals surface area contributed by atoms with Crippen LogP contribution in [0.4, 0.5) is 10.5 Å². The third-order valence-corrected chi connectivity index (χ3v) is 3.18. The molecule has 19 heavy (non-hydrogen) atoms. The number of nitrogens with zero attached hydrogens (tertiary/aromatic N) is 1. The molecule has 1 rings (SSSR count). The van der Waals surface area contributed by atoms with E-state index in [1.165, 1.54) is 10.6 Å². The van der Waals surface area contributed by atoms with Crippen molar-refractivity contribution >= 4 is 11.7 Å². The Balaban J connectivity index is 2.72. The Morgan fingerprint density at radius 3 is 2.68 bits per heavy atom. The van der Waals surface area contributed by atoms with E-state index in [1.807, 2.05) is 13.8 Å². The second-order valence-corrected chi connectivity index (χ2v) is 4.87. The van der Waals surface area contributed by atoms with Gasteiger partial charge in [0.1, 0.15) is 0 Å².